The molecule has 0 unspecified atom stereocenters. The molecule has 0 aromatic carbocycles. The second-order valence-corrected chi connectivity index (χ2v) is 9.55. The highest BCUT2D eigenvalue weighted by molar-refractivity contribution is 5.88. The maximum Gasteiger partial charge on any atom is 0.391 e. The smallest absolute Gasteiger partial charge is 0.391 e. The van der Waals surface area contributed by atoms with Crippen LogP contribution in [-0.4, -0.2) is 124 Å². The first kappa shape index (κ1) is 34.3. The van der Waals surface area contributed by atoms with Gasteiger partial charge in [-0.1, -0.05) is 6.07 Å². The number of pyridine rings is 2. The molecule has 1 saturated heterocycles. The van der Waals surface area contributed by atoms with Crippen molar-refractivity contribution in [1.29, 1.82) is 0 Å². The van der Waals surface area contributed by atoms with E-state index in [2.05, 4.69) is 29.5 Å². The fraction of sp³-hybridized carbons (Fsp3) is 0.586. The quantitative estimate of drug-likeness (QED) is 0.261. The van der Waals surface area contributed by atoms with Gasteiger partial charge in [-0.05, 0) is 31.2 Å². The number of hydrogen-bond donors (Lipinski definition) is 1. The Morgan fingerprint density at radius 3 is 1.84 bits per heavy atom. The molecule has 3 heterocycles. The average Bonchev–Trinajstić information content (AvgIpc) is 2.99. The van der Waals surface area contributed by atoms with Gasteiger partial charge in [0.25, 0.3) is 0 Å². The SMILES string of the molecule is CCOC(=O)c1cc(N)cc(CN2CCOCCOCCN(Cc3cccc(C(=O)OOC)n3)CCOCCOCC2)n1. The molecule has 0 bridgehead atoms. The molecule has 43 heavy (non-hydrogen) atoms. The van der Waals surface area contributed by atoms with Gasteiger partial charge in [-0.3, -0.25) is 14.7 Å². The Kier molecular flexibility index (Phi) is 15.8. The second-order valence-electron chi connectivity index (χ2n) is 9.55. The molecule has 14 heteroatoms. The number of anilines is 1. The predicted octanol–water partition coefficient (Wildman–Crippen LogP) is 1.34. The van der Waals surface area contributed by atoms with E-state index in [0.29, 0.717) is 104 Å². The van der Waals surface area contributed by atoms with Gasteiger partial charge in [0.15, 0.2) is 11.4 Å². The molecule has 14 nitrogen and oxygen atoms in total. The molecule has 3 rings (SSSR count). The molecular weight excluding hydrogens is 562 g/mol. The molecule has 0 atom stereocenters. The van der Waals surface area contributed by atoms with E-state index in [1.807, 2.05) is 6.07 Å². The normalized spacial score (nSPS) is 17.4. The Morgan fingerprint density at radius 1 is 0.767 bits per heavy atom. The van der Waals surface area contributed by atoms with Crippen LogP contribution < -0.4 is 5.73 Å². The zero-order valence-electron chi connectivity index (χ0n) is 25.0. The van der Waals surface area contributed by atoms with Crippen LogP contribution in [0.4, 0.5) is 5.69 Å². The highest BCUT2D eigenvalue weighted by Crippen LogP contribution is 2.12. The standard InChI is InChI=1S/C29H43N5O9/c1-3-42-28(35)27-20-23(30)19-25(32-27)22-34-9-13-40-17-15-38-11-7-33(8-12-39-16-18-41-14-10-34)21-24-5-4-6-26(31-24)29(36)43-37-2/h4-6,19-20H,3,7-18,21-22H2,1-2H3,(H2,30,32). The van der Waals surface area contributed by atoms with E-state index in [1.54, 1.807) is 25.1 Å². The summed E-state index contributed by atoms with van der Waals surface area (Å²) in [5, 5.41) is 0. The molecule has 2 aromatic rings. The molecule has 2 N–H and O–H groups in total. The molecule has 0 radical (unpaired) electrons. The van der Waals surface area contributed by atoms with Crippen molar-refractivity contribution >= 4 is 17.6 Å². The van der Waals surface area contributed by atoms with Crippen LogP contribution in [0.15, 0.2) is 30.3 Å². The molecular formula is C29H43N5O9. The highest BCUT2D eigenvalue weighted by Gasteiger charge is 2.15. The van der Waals surface area contributed by atoms with Crippen LogP contribution in [0.1, 0.15) is 39.3 Å². The number of aromatic nitrogens is 2. The van der Waals surface area contributed by atoms with Crippen molar-refractivity contribution in [1.82, 2.24) is 19.8 Å². The summed E-state index contributed by atoms with van der Waals surface area (Å²) >= 11 is 0. The van der Waals surface area contributed by atoms with Crippen molar-refractivity contribution in [2.45, 2.75) is 20.0 Å². The number of carbonyl (C=O) groups is 2. The Hall–Kier alpha value is -3.24. The molecule has 1 fully saturated rings. The molecule has 1 aliphatic rings. The van der Waals surface area contributed by atoms with Gasteiger partial charge in [0.1, 0.15) is 0 Å². The summed E-state index contributed by atoms with van der Waals surface area (Å²) in [6.07, 6.45) is 0. The Bertz CT molecular complexity index is 1100. The van der Waals surface area contributed by atoms with Gasteiger partial charge in [-0.2, -0.15) is 4.89 Å². The summed E-state index contributed by atoms with van der Waals surface area (Å²) in [6, 6.07) is 8.45. The third kappa shape index (κ3) is 13.3. The Labute approximate surface area is 252 Å². The van der Waals surface area contributed by atoms with Crippen LogP contribution in [0.3, 0.4) is 0 Å². The van der Waals surface area contributed by atoms with Gasteiger partial charge in [0.05, 0.1) is 78.0 Å². The van der Waals surface area contributed by atoms with Crippen LogP contribution in [0.2, 0.25) is 0 Å². The lowest BCUT2D eigenvalue weighted by Crippen LogP contribution is -2.33. The second kappa shape index (κ2) is 19.9. The lowest BCUT2D eigenvalue weighted by molar-refractivity contribution is -0.216. The van der Waals surface area contributed by atoms with Gasteiger partial charge in [0, 0.05) is 45.0 Å². The maximum atomic E-state index is 12.2. The van der Waals surface area contributed by atoms with Crippen molar-refractivity contribution in [3.8, 4) is 0 Å². The van der Waals surface area contributed by atoms with Crippen molar-refractivity contribution in [3.63, 3.8) is 0 Å². The number of ether oxygens (including phenoxy) is 5. The number of rotatable bonds is 8. The third-order valence-corrected chi connectivity index (χ3v) is 6.28. The zero-order chi connectivity index (χ0) is 30.7. The van der Waals surface area contributed by atoms with Crippen LogP contribution >= 0.6 is 0 Å². The van der Waals surface area contributed by atoms with Crippen LogP contribution in [0.25, 0.3) is 0 Å². The van der Waals surface area contributed by atoms with Gasteiger partial charge in [0.2, 0.25) is 0 Å². The molecule has 0 spiro atoms. The molecule has 2 aromatic heterocycles. The zero-order valence-corrected chi connectivity index (χ0v) is 25.0. The summed E-state index contributed by atoms with van der Waals surface area (Å²) in [6.45, 7) is 9.27. The fourth-order valence-corrected chi connectivity index (χ4v) is 4.22. The monoisotopic (exact) mass is 605 g/mol. The van der Waals surface area contributed by atoms with Crippen molar-refractivity contribution in [2.75, 3.05) is 98.5 Å². The van der Waals surface area contributed by atoms with Gasteiger partial charge >= 0.3 is 11.9 Å². The lowest BCUT2D eigenvalue weighted by atomic mass is 10.2. The minimum absolute atomic E-state index is 0.173. The van der Waals surface area contributed by atoms with E-state index >= 15 is 0 Å². The molecule has 0 saturated carbocycles. The number of nitrogens with two attached hydrogens (primary N) is 1. The van der Waals surface area contributed by atoms with Crippen molar-refractivity contribution < 1.29 is 43.0 Å². The summed E-state index contributed by atoms with van der Waals surface area (Å²) in [5.74, 6) is -1.15. The van der Waals surface area contributed by atoms with Crippen molar-refractivity contribution in [2.24, 2.45) is 0 Å². The fourth-order valence-electron chi connectivity index (χ4n) is 4.22. The van der Waals surface area contributed by atoms with Gasteiger partial charge in [-0.15, -0.1) is 0 Å². The average molecular weight is 606 g/mol. The topological polar surface area (TPSA) is 157 Å². The lowest BCUT2D eigenvalue weighted by Gasteiger charge is -2.23. The highest BCUT2D eigenvalue weighted by atomic mass is 17.2. The van der Waals surface area contributed by atoms with E-state index in [1.165, 1.54) is 13.2 Å². The summed E-state index contributed by atoms with van der Waals surface area (Å²) in [7, 11) is 1.27. The third-order valence-electron chi connectivity index (χ3n) is 6.28. The van der Waals surface area contributed by atoms with Crippen molar-refractivity contribution in [3.05, 3.63) is 53.1 Å². The predicted molar refractivity (Wildman–Crippen MR) is 155 cm³/mol. The number of carbonyl (C=O) groups excluding carboxylic acids is 2. The molecule has 0 aliphatic carbocycles. The van der Waals surface area contributed by atoms with E-state index in [9.17, 15) is 9.59 Å². The van der Waals surface area contributed by atoms with E-state index in [4.69, 9.17) is 29.4 Å². The first-order valence-corrected chi connectivity index (χ1v) is 14.4. The van der Waals surface area contributed by atoms with Crippen LogP contribution in [0, 0.1) is 0 Å². The van der Waals surface area contributed by atoms with Crippen LogP contribution in [-0.2, 0) is 46.5 Å². The largest absolute Gasteiger partial charge is 0.461 e. The summed E-state index contributed by atoms with van der Waals surface area (Å²) in [5.41, 5.74) is 8.22. The number of esters is 1. The number of hydrogen-bond acceptors (Lipinski definition) is 14. The molecule has 1 aliphatic heterocycles. The molecule has 0 amide bonds. The van der Waals surface area contributed by atoms with E-state index < -0.39 is 11.9 Å². The Morgan fingerprint density at radius 2 is 1.30 bits per heavy atom. The van der Waals surface area contributed by atoms with Gasteiger partial charge in [-0.25, -0.2) is 19.6 Å². The molecule has 238 valence electrons. The minimum atomic E-state index is -0.650. The minimum Gasteiger partial charge on any atom is -0.461 e. The first-order chi connectivity index (χ1) is 21.0. The number of nitrogen functional groups attached to an aromatic ring is 1. The maximum absolute atomic E-state index is 12.2. The van der Waals surface area contributed by atoms with Crippen LogP contribution in [0.5, 0.6) is 0 Å². The van der Waals surface area contributed by atoms with E-state index in [0.717, 1.165) is 5.69 Å². The summed E-state index contributed by atoms with van der Waals surface area (Å²) in [4.78, 5) is 46.3. The van der Waals surface area contributed by atoms with Gasteiger partial charge < -0.3 is 29.4 Å². The van der Waals surface area contributed by atoms with E-state index in [-0.39, 0.29) is 18.0 Å². The summed E-state index contributed by atoms with van der Waals surface area (Å²) < 4.78 is 28.3. The Balaban J connectivity index is 1.51. The first-order valence-electron chi connectivity index (χ1n) is 14.4. The number of nitrogens with zero attached hydrogens (tertiary/aromatic N) is 4.